The minimum atomic E-state index is 1.19. The minimum absolute atomic E-state index is 1.19. The van der Waals surface area contributed by atoms with Crippen LogP contribution in [0.1, 0.15) is 16.7 Å². The Morgan fingerprint density at radius 1 is 0.222 bits per heavy atom. The Morgan fingerprint density at radius 2 is 0.556 bits per heavy atom. The molecule has 3 aliphatic rings. The van der Waals surface area contributed by atoms with Crippen LogP contribution < -0.4 is 14.7 Å². The summed E-state index contributed by atoms with van der Waals surface area (Å²) >= 11 is 5.57. The number of hydrogen-bond donors (Lipinski definition) is 0. The summed E-state index contributed by atoms with van der Waals surface area (Å²) in [4.78, 5) is 15.0. The number of anilines is 9. The van der Waals surface area contributed by atoms with Crippen LogP contribution in [-0.4, -0.2) is 0 Å². The number of rotatable bonds is 6. The molecule has 12 aromatic rings. The van der Waals surface area contributed by atoms with Gasteiger partial charge in [-0.15, -0.1) is 0 Å². The molecule has 0 bridgehead atoms. The molecule has 0 saturated heterocycles. The molecule has 0 N–H and O–H groups in total. The largest absolute Gasteiger partial charge is 0.308 e. The molecule has 3 aliphatic heterocycles. The highest BCUT2D eigenvalue weighted by molar-refractivity contribution is 8.00. The summed E-state index contributed by atoms with van der Waals surface area (Å²) in [5.74, 6) is 0. The lowest BCUT2D eigenvalue weighted by atomic mass is 10.0. The maximum Gasteiger partial charge on any atom is 0.0604 e. The zero-order valence-electron chi connectivity index (χ0n) is 45.3. The fraction of sp³-hybridized carbons (Fsp3) is 0.0400. The molecule has 12 aromatic carbocycles. The Bertz CT molecular complexity index is 4070. The van der Waals surface area contributed by atoms with Crippen molar-refractivity contribution in [3.63, 3.8) is 0 Å². The Balaban J connectivity index is 0.000000114. The monoisotopic (exact) mass is 1100 g/mol. The van der Waals surface area contributed by atoms with Gasteiger partial charge >= 0.3 is 0 Å². The molecule has 3 heterocycles. The summed E-state index contributed by atoms with van der Waals surface area (Å²) < 4.78 is 0. The molecule has 0 saturated carbocycles. The lowest BCUT2D eigenvalue weighted by Gasteiger charge is -2.33. The van der Waals surface area contributed by atoms with Gasteiger partial charge in [-0.05, 0) is 174 Å². The van der Waals surface area contributed by atoms with Crippen LogP contribution in [-0.2, 0) is 0 Å². The molecule has 0 unspecified atom stereocenters. The van der Waals surface area contributed by atoms with E-state index in [0.29, 0.717) is 0 Å². The minimum Gasteiger partial charge on any atom is -0.308 e. The highest BCUT2D eigenvalue weighted by Crippen LogP contribution is 2.55. The average molecular weight is 1100 g/mol. The highest BCUT2D eigenvalue weighted by Gasteiger charge is 2.28. The first kappa shape index (κ1) is 51.5. The van der Waals surface area contributed by atoms with E-state index in [1.165, 1.54) is 131 Å². The first-order valence-corrected chi connectivity index (χ1v) is 29.8. The maximum absolute atomic E-state index is 2.38. The molecule has 0 spiro atoms. The van der Waals surface area contributed by atoms with E-state index in [4.69, 9.17) is 0 Å². The van der Waals surface area contributed by atoms with E-state index in [9.17, 15) is 0 Å². The van der Waals surface area contributed by atoms with Gasteiger partial charge in [0.25, 0.3) is 0 Å². The summed E-state index contributed by atoms with van der Waals surface area (Å²) in [6.07, 6.45) is 0. The average Bonchev–Trinajstić information content (AvgIpc) is 3.58. The van der Waals surface area contributed by atoms with Gasteiger partial charge in [-0.1, -0.05) is 223 Å². The van der Waals surface area contributed by atoms with Gasteiger partial charge in [-0.25, -0.2) is 0 Å². The molecule has 0 atom stereocenters. The van der Waals surface area contributed by atoms with Crippen molar-refractivity contribution in [1.29, 1.82) is 0 Å². The smallest absolute Gasteiger partial charge is 0.0604 e. The lowest BCUT2D eigenvalue weighted by Crippen LogP contribution is -2.15. The predicted octanol–water partition coefficient (Wildman–Crippen LogP) is 22.8. The van der Waals surface area contributed by atoms with Crippen LogP contribution in [0.3, 0.4) is 0 Å². The highest BCUT2D eigenvalue weighted by atomic mass is 32.2. The zero-order valence-corrected chi connectivity index (χ0v) is 47.7. The summed E-state index contributed by atoms with van der Waals surface area (Å²) in [5.41, 5.74) is 22.4. The second-order valence-electron chi connectivity index (χ2n) is 20.3. The fourth-order valence-corrected chi connectivity index (χ4v) is 14.1. The molecule has 15 rings (SSSR count). The van der Waals surface area contributed by atoms with E-state index in [0.717, 1.165) is 0 Å². The summed E-state index contributed by atoms with van der Waals surface area (Å²) in [6, 6.07) is 104. The van der Waals surface area contributed by atoms with Gasteiger partial charge in [-0.2, -0.15) is 0 Å². The second kappa shape index (κ2) is 23.1. The summed E-state index contributed by atoms with van der Waals surface area (Å²) in [5, 5.41) is 0. The Morgan fingerprint density at radius 3 is 1.04 bits per heavy atom. The van der Waals surface area contributed by atoms with Crippen molar-refractivity contribution in [3.05, 3.63) is 308 Å². The quantitative estimate of drug-likeness (QED) is 0.163. The SMILES string of the molecule is Cc1ccc2c(c1)N(c1ccc(-c3ccccc3)cc1)c1ccccc1S2.Cc1ccc2c(c1)Sc1ccccc1N2c1ccc(-c2ccccc2)cc1.Cc1cccc2c1Sc1ccccc1N2c1ccc(-c2ccccc2)cc1. The van der Waals surface area contributed by atoms with Gasteiger partial charge in [0.1, 0.15) is 0 Å². The van der Waals surface area contributed by atoms with Gasteiger partial charge in [0.05, 0.1) is 34.1 Å². The lowest BCUT2D eigenvalue weighted by molar-refractivity contribution is 1.14. The number of nitrogens with zero attached hydrogens (tertiary/aromatic N) is 3. The van der Waals surface area contributed by atoms with Gasteiger partial charge < -0.3 is 14.7 Å². The van der Waals surface area contributed by atoms with Crippen molar-refractivity contribution in [2.75, 3.05) is 14.7 Å². The Kier molecular flexibility index (Phi) is 14.7. The van der Waals surface area contributed by atoms with Crippen molar-refractivity contribution in [3.8, 4) is 33.4 Å². The van der Waals surface area contributed by atoms with Crippen LogP contribution in [0.15, 0.2) is 321 Å². The van der Waals surface area contributed by atoms with E-state index in [2.05, 4.69) is 327 Å². The standard InChI is InChI=1S/3C25H19NS/c1-18-8-7-12-23-25(18)27-24-13-6-5-11-22(24)26(23)21-16-14-20(15-17-21)19-9-3-2-4-10-19;1-18-11-16-25-23(17-18)26(22-9-5-6-10-24(22)27-25)21-14-12-20(13-15-21)19-7-3-2-4-8-19;1-18-11-16-23-25(17-18)27-24-10-6-5-9-22(24)26(23)21-14-12-20(13-15-21)19-7-3-2-4-8-19/h3*2-17H,1H3. The molecular weight excluding hydrogens is 1040 g/mol. The van der Waals surface area contributed by atoms with Crippen LogP contribution in [0.25, 0.3) is 33.4 Å². The van der Waals surface area contributed by atoms with E-state index < -0.39 is 0 Å². The molecule has 81 heavy (non-hydrogen) atoms. The van der Waals surface area contributed by atoms with Crippen LogP contribution >= 0.6 is 35.3 Å². The number of fused-ring (bicyclic) bond motifs is 6. The second-order valence-corrected chi connectivity index (χ2v) is 23.5. The van der Waals surface area contributed by atoms with Crippen LogP contribution in [0.5, 0.6) is 0 Å². The molecule has 390 valence electrons. The molecule has 3 nitrogen and oxygen atoms in total. The van der Waals surface area contributed by atoms with Crippen molar-refractivity contribution in [2.45, 2.75) is 50.1 Å². The van der Waals surface area contributed by atoms with Crippen molar-refractivity contribution in [1.82, 2.24) is 0 Å². The van der Waals surface area contributed by atoms with E-state index in [1.54, 1.807) is 0 Å². The molecule has 0 fully saturated rings. The maximum atomic E-state index is 2.38. The van der Waals surface area contributed by atoms with Crippen molar-refractivity contribution in [2.24, 2.45) is 0 Å². The summed E-state index contributed by atoms with van der Waals surface area (Å²) in [7, 11) is 0. The van der Waals surface area contributed by atoms with E-state index >= 15 is 0 Å². The number of para-hydroxylation sites is 3. The molecule has 0 radical (unpaired) electrons. The first-order valence-electron chi connectivity index (χ1n) is 27.4. The summed E-state index contributed by atoms with van der Waals surface area (Å²) in [6.45, 7) is 6.50. The molecule has 6 heteroatoms. The number of benzene rings is 12. The molecular formula is C75H57N3S3. The molecule has 0 amide bonds. The zero-order chi connectivity index (χ0) is 54.7. The Hall–Kier alpha value is -8.91. The van der Waals surface area contributed by atoms with Crippen LogP contribution in [0.2, 0.25) is 0 Å². The third kappa shape index (κ3) is 10.7. The Labute approximate surface area is 489 Å². The van der Waals surface area contributed by atoms with Gasteiger partial charge in [0, 0.05) is 46.4 Å². The third-order valence-corrected chi connectivity index (χ3v) is 18.4. The fourth-order valence-electron chi connectivity index (χ4n) is 10.8. The van der Waals surface area contributed by atoms with E-state index in [1.807, 2.05) is 35.3 Å². The van der Waals surface area contributed by atoms with E-state index in [-0.39, 0.29) is 0 Å². The third-order valence-electron chi connectivity index (χ3n) is 14.8. The van der Waals surface area contributed by atoms with Crippen molar-refractivity contribution >= 4 is 86.5 Å². The number of hydrogen-bond acceptors (Lipinski definition) is 6. The van der Waals surface area contributed by atoms with Crippen molar-refractivity contribution < 1.29 is 0 Å². The van der Waals surface area contributed by atoms with Gasteiger partial charge in [0.2, 0.25) is 0 Å². The first-order chi connectivity index (χ1) is 39.9. The van der Waals surface area contributed by atoms with Crippen LogP contribution in [0, 0.1) is 20.8 Å². The predicted molar refractivity (Wildman–Crippen MR) is 346 cm³/mol. The normalized spacial score (nSPS) is 12.4. The van der Waals surface area contributed by atoms with Gasteiger partial charge in [-0.3, -0.25) is 0 Å². The topological polar surface area (TPSA) is 9.72 Å². The molecule has 0 aliphatic carbocycles. The van der Waals surface area contributed by atoms with Gasteiger partial charge in [0.15, 0.2) is 0 Å². The molecule has 0 aromatic heterocycles. The van der Waals surface area contributed by atoms with Crippen LogP contribution in [0.4, 0.5) is 51.2 Å². The number of aryl methyl sites for hydroxylation is 3.